The third-order valence-electron chi connectivity index (χ3n) is 15.4. The fourth-order valence-electron chi connectivity index (χ4n) is 12.2. The second kappa shape index (κ2) is 18.4. The smallest absolute Gasteiger partial charge is 0.0734 e. The molecule has 0 bridgehead atoms. The highest BCUT2D eigenvalue weighted by molar-refractivity contribution is 6.16. The Morgan fingerprint density at radius 3 is 1.33 bits per heavy atom. The van der Waals surface area contributed by atoms with Gasteiger partial charge in [-0.25, -0.2) is 0 Å². The summed E-state index contributed by atoms with van der Waals surface area (Å²) in [5.41, 5.74) is 23.2. The van der Waals surface area contributed by atoms with Crippen molar-refractivity contribution < 1.29 is 0 Å². The molecule has 0 fully saturated rings. The average molecular weight is 955 g/mol. The van der Waals surface area contributed by atoms with E-state index in [0.29, 0.717) is 0 Å². The third kappa shape index (κ3) is 7.33. The van der Waals surface area contributed by atoms with Gasteiger partial charge in [0.1, 0.15) is 0 Å². The molecule has 0 radical (unpaired) electrons. The van der Waals surface area contributed by atoms with Crippen LogP contribution in [0.15, 0.2) is 303 Å². The van der Waals surface area contributed by atoms with Gasteiger partial charge < -0.3 is 9.47 Å². The average Bonchev–Trinajstić information content (AvgIpc) is 4.08. The second-order valence-electron chi connectivity index (χ2n) is 19.6. The van der Waals surface area contributed by atoms with E-state index in [9.17, 15) is 0 Å². The maximum absolute atomic E-state index is 2.50. The van der Waals surface area contributed by atoms with Crippen LogP contribution in [-0.2, 0) is 5.41 Å². The molecule has 0 N–H and O–H groups in total. The molecule has 14 rings (SSSR count). The van der Waals surface area contributed by atoms with Crippen LogP contribution < -0.4 is 4.90 Å². The quantitative estimate of drug-likeness (QED) is 0.133. The van der Waals surface area contributed by atoms with Gasteiger partial charge in [0.15, 0.2) is 0 Å². The summed E-state index contributed by atoms with van der Waals surface area (Å²) in [6.45, 7) is 0. The normalized spacial score (nSPS) is 12.4. The van der Waals surface area contributed by atoms with Crippen LogP contribution in [0.25, 0.3) is 83.1 Å². The lowest BCUT2D eigenvalue weighted by molar-refractivity contribution is 0.768. The molecular weight excluding hydrogens is 905 g/mol. The molecule has 0 aliphatic heterocycles. The van der Waals surface area contributed by atoms with Crippen molar-refractivity contribution in [1.29, 1.82) is 0 Å². The lowest BCUT2D eigenvalue weighted by atomic mass is 9.67. The highest BCUT2D eigenvalue weighted by atomic mass is 15.1. The Bertz CT molecular complexity index is 4080. The highest BCUT2D eigenvalue weighted by Crippen LogP contribution is 2.60. The predicted octanol–water partition coefficient (Wildman–Crippen LogP) is 19.3. The van der Waals surface area contributed by atoms with Crippen LogP contribution in [0.5, 0.6) is 0 Å². The van der Waals surface area contributed by atoms with Gasteiger partial charge in [-0.05, 0) is 145 Å². The first kappa shape index (κ1) is 44.0. The number of hydrogen-bond donors (Lipinski definition) is 0. The van der Waals surface area contributed by atoms with E-state index in [4.69, 9.17) is 0 Å². The molecule has 0 saturated heterocycles. The summed E-state index contributed by atoms with van der Waals surface area (Å²) in [4.78, 5) is 2.50. The van der Waals surface area contributed by atoms with Gasteiger partial charge in [-0.2, -0.15) is 0 Å². The summed E-state index contributed by atoms with van der Waals surface area (Å²) in [6.07, 6.45) is 0. The lowest BCUT2D eigenvalue weighted by Crippen LogP contribution is -2.30. The van der Waals surface area contributed by atoms with Crippen molar-refractivity contribution in [1.82, 2.24) is 4.57 Å². The Labute approximate surface area is 438 Å². The van der Waals surface area contributed by atoms with Crippen LogP contribution in [-0.4, -0.2) is 4.57 Å². The first-order valence-corrected chi connectivity index (χ1v) is 25.9. The van der Waals surface area contributed by atoms with Crippen molar-refractivity contribution in [2.24, 2.45) is 0 Å². The molecule has 0 saturated carbocycles. The van der Waals surface area contributed by atoms with Crippen LogP contribution in [0, 0.1) is 0 Å². The number of aromatic nitrogens is 1. The van der Waals surface area contributed by atoms with Crippen LogP contribution >= 0.6 is 0 Å². The zero-order chi connectivity index (χ0) is 49.7. The van der Waals surface area contributed by atoms with Gasteiger partial charge in [0, 0.05) is 33.4 Å². The molecule has 2 heteroatoms. The molecule has 13 aromatic rings. The van der Waals surface area contributed by atoms with E-state index in [1.807, 2.05) is 0 Å². The molecule has 2 nitrogen and oxygen atoms in total. The van der Waals surface area contributed by atoms with E-state index in [1.54, 1.807) is 0 Å². The van der Waals surface area contributed by atoms with Gasteiger partial charge in [-0.3, -0.25) is 0 Å². The summed E-state index contributed by atoms with van der Waals surface area (Å²) >= 11 is 0. The number of anilines is 3. The van der Waals surface area contributed by atoms with E-state index in [1.165, 1.54) is 88.6 Å². The molecule has 0 unspecified atom stereocenters. The van der Waals surface area contributed by atoms with Gasteiger partial charge in [0.05, 0.1) is 22.1 Å². The molecular formula is C73H50N2. The number of benzene rings is 12. The Hall–Kier alpha value is -9.76. The number of nitrogens with zero attached hydrogens (tertiary/aromatic N) is 2. The monoisotopic (exact) mass is 954 g/mol. The fourth-order valence-corrected chi connectivity index (χ4v) is 12.2. The van der Waals surface area contributed by atoms with E-state index < -0.39 is 5.41 Å². The first-order chi connectivity index (χ1) is 37.2. The van der Waals surface area contributed by atoms with Crippen molar-refractivity contribution in [3.8, 4) is 61.3 Å². The van der Waals surface area contributed by atoms with Crippen molar-refractivity contribution in [2.75, 3.05) is 4.90 Å². The Balaban J connectivity index is 0.974. The number of hydrogen-bond acceptors (Lipinski definition) is 1. The van der Waals surface area contributed by atoms with Gasteiger partial charge in [0.25, 0.3) is 0 Å². The van der Waals surface area contributed by atoms with E-state index in [0.717, 1.165) is 33.9 Å². The predicted molar refractivity (Wildman–Crippen MR) is 315 cm³/mol. The number of rotatable bonds is 10. The Morgan fingerprint density at radius 2 is 0.733 bits per heavy atom. The molecule has 1 aliphatic carbocycles. The summed E-state index contributed by atoms with van der Waals surface area (Å²) in [7, 11) is 0. The molecule has 1 aliphatic rings. The van der Waals surface area contributed by atoms with Crippen molar-refractivity contribution in [3.05, 3.63) is 326 Å². The van der Waals surface area contributed by atoms with Crippen molar-refractivity contribution in [3.63, 3.8) is 0 Å². The maximum atomic E-state index is 2.50. The lowest BCUT2D eigenvalue weighted by Gasteiger charge is -2.38. The van der Waals surface area contributed by atoms with Crippen LogP contribution in [0.4, 0.5) is 17.1 Å². The van der Waals surface area contributed by atoms with Gasteiger partial charge in [-0.1, -0.05) is 231 Å². The van der Waals surface area contributed by atoms with Gasteiger partial charge in [-0.15, -0.1) is 0 Å². The standard InChI is InChI=1S/C73H50N2/c1-6-22-51(23-7-1)55-48-56(52-24-8-2-9-25-52)50-57(49-55)53-40-44-61(45-41-53)74(62-46-42-54(43-47-62)63-34-20-38-69-71(63)66-33-17-19-37-68(66)75(69)60-30-14-5-15-31-60)70-39-21-35-65-64-32-16-18-36-67(64)73(72(65)70,58-26-10-3-11-27-58)59-28-12-4-13-29-59/h1-50H. The third-order valence-corrected chi connectivity index (χ3v) is 15.4. The molecule has 1 aromatic heterocycles. The number of para-hydroxylation sites is 2. The SMILES string of the molecule is c1ccc(-c2cc(-c3ccccc3)cc(-c3ccc(N(c4ccc(-c5cccc6c5c5ccccc5n6-c5ccccc5)cc4)c4cccc5c4C(c4ccccc4)(c4ccccc4)c4ccccc4-5)cc3)c2)cc1. The highest BCUT2D eigenvalue weighted by Gasteiger charge is 2.48. The topological polar surface area (TPSA) is 8.17 Å². The summed E-state index contributed by atoms with van der Waals surface area (Å²) < 4.78 is 2.40. The fraction of sp³-hybridized carbons (Fsp3) is 0.0137. The van der Waals surface area contributed by atoms with Crippen molar-refractivity contribution >= 4 is 38.9 Å². The summed E-state index contributed by atoms with van der Waals surface area (Å²) in [5.74, 6) is 0. The Morgan fingerprint density at radius 1 is 0.293 bits per heavy atom. The summed E-state index contributed by atoms with van der Waals surface area (Å²) in [5, 5.41) is 2.48. The molecule has 12 aromatic carbocycles. The minimum atomic E-state index is -0.614. The van der Waals surface area contributed by atoms with Crippen molar-refractivity contribution in [2.45, 2.75) is 5.41 Å². The minimum Gasteiger partial charge on any atom is -0.310 e. The van der Waals surface area contributed by atoms with E-state index in [2.05, 4.69) is 313 Å². The maximum Gasteiger partial charge on any atom is 0.0734 e. The zero-order valence-corrected chi connectivity index (χ0v) is 41.3. The Kier molecular flexibility index (Phi) is 10.8. The van der Waals surface area contributed by atoms with Crippen LogP contribution in [0.3, 0.4) is 0 Å². The van der Waals surface area contributed by atoms with Crippen LogP contribution in [0.2, 0.25) is 0 Å². The molecule has 0 amide bonds. The van der Waals surface area contributed by atoms with E-state index >= 15 is 0 Å². The first-order valence-electron chi connectivity index (χ1n) is 25.9. The zero-order valence-electron chi connectivity index (χ0n) is 41.3. The molecule has 75 heavy (non-hydrogen) atoms. The molecule has 0 atom stereocenters. The van der Waals surface area contributed by atoms with Crippen LogP contribution in [0.1, 0.15) is 22.3 Å². The van der Waals surface area contributed by atoms with E-state index in [-0.39, 0.29) is 0 Å². The molecule has 352 valence electrons. The molecule has 0 spiro atoms. The minimum absolute atomic E-state index is 0.614. The largest absolute Gasteiger partial charge is 0.310 e. The van der Waals surface area contributed by atoms with Gasteiger partial charge >= 0.3 is 0 Å². The molecule has 1 heterocycles. The summed E-state index contributed by atoms with van der Waals surface area (Å²) in [6, 6.07) is 111. The second-order valence-corrected chi connectivity index (χ2v) is 19.6. The van der Waals surface area contributed by atoms with Gasteiger partial charge in [0.2, 0.25) is 0 Å². The number of fused-ring (bicyclic) bond motifs is 6.